The molecule has 23 heavy (non-hydrogen) atoms. The molecule has 3 aromatic rings. The topological polar surface area (TPSA) is 37.6 Å². The molecule has 1 aliphatic rings. The number of fused-ring (bicyclic) bond motifs is 1. The van der Waals surface area contributed by atoms with Gasteiger partial charge in [-0.3, -0.25) is 4.57 Å². The third-order valence-electron chi connectivity index (χ3n) is 4.05. The molecule has 1 aliphatic heterocycles. The van der Waals surface area contributed by atoms with Crippen molar-refractivity contribution < 1.29 is 4.79 Å². The van der Waals surface area contributed by atoms with E-state index in [1.54, 1.807) is 22.7 Å². The van der Waals surface area contributed by atoms with Crippen molar-refractivity contribution in [1.29, 1.82) is 0 Å². The number of hydrogen-bond acceptors (Lipinski definition) is 3. The van der Waals surface area contributed by atoms with E-state index in [1.165, 1.54) is 10.1 Å². The van der Waals surface area contributed by atoms with Crippen molar-refractivity contribution in [2.75, 3.05) is 13.1 Å². The Morgan fingerprint density at radius 1 is 1.22 bits per heavy atom. The third kappa shape index (κ3) is 2.84. The number of amides is 2. The maximum absolute atomic E-state index is 12.3. The molecule has 2 amide bonds. The quantitative estimate of drug-likeness (QED) is 0.653. The number of thiazole rings is 1. The maximum Gasteiger partial charge on any atom is 0.346 e. The fraction of sp³-hybridized carbons (Fsp3) is 0.294. The van der Waals surface area contributed by atoms with E-state index in [-0.39, 0.29) is 6.03 Å². The highest BCUT2D eigenvalue weighted by Crippen LogP contribution is 2.23. The molecule has 1 aromatic carbocycles. The van der Waals surface area contributed by atoms with Crippen LogP contribution in [-0.4, -0.2) is 28.6 Å². The molecule has 4 nitrogen and oxygen atoms in total. The van der Waals surface area contributed by atoms with E-state index in [0.29, 0.717) is 0 Å². The molecular weight excluding hydrogens is 326 g/mol. The predicted molar refractivity (Wildman–Crippen MR) is 95.5 cm³/mol. The zero-order valence-corrected chi connectivity index (χ0v) is 14.5. The Bertz CT molecular complexity index is 929. The van der Waals surface area contributed by atoms with Gasteiger partial charge in [-0.1, -0.05) is 0 Å². The Morgan fingerprint density at radius 3 is 2.87 bits per heavy atom. The predicted octanol–water partition coefficient (Wildman–Crippen LogP) is 4.18. The first-order valence-corrected chi connectivity index (χ1v) is 9.41. The van der Waals surface area contributed by atoms with Gasteiger partial charge in [0.1, 0.15) is 0 Å². The second-order valence-electron chi connectivity index (χ2n) is 5.73. The lowest BCUT2D eigenvalue weighted by Crippen LogP contribution is -2.27. The molecule has 0 saturated carbocycles. The normalized spacial score (nSPS) is 15.7. The van der Waals surface area contributed by atoms with Gasteiger partial charge >= 0.3 is 6.03 Å². The van der Waals surface area contributed by atoms with Crippen molar-refractivity contribution in [3.8, 4) is 5.69 Å². The second-order valence-corrected chi connectivity index (χ2v) is 7.89. The lowest BCUT2D eigenvalue weighted by Gasteiger charge is -2.10. The van der Waals surface area contributed by atoms with Crippen molar-refractivity contribution in [2.45, 2.75) is 19.8 Å². The van der Waals surface area contributed by atoms with Crippen LogP contribution in [0.5, 0.6) is 0 Å². The number of urea groups is 1. The van der Waals surface area contributed by atoms with Gasteiger partial charge in [0.2, 0.25) is 0 Å². The molecule has 3 heterocycles. The van der Waals surface area contributed by atoms with Gasteiger partial charge < -0.3 is 4.90 Å². The second kappa shape index (κ2) is 5.94. The van der Waals surface area contributed by atoms with Gasteiger partial charge in [-0.05, 0) is 54.8 Å². The van der Waals surface area contributed by atoms with Crippen LogP contribution in [0, 0.1) is 6.92 Å². The minimum atomic E-state index is -0.116. The molecule has 0 spiro atoms. The first-order chi connectivity index (χ1) is 11.2. The van der Waals surface area contributed by atoms with Crippen LogP contribution in [0.4, 0.5) is 4.79 Å². The molecule has 0 atom stereocenters. The molecule has 6 heteroatoms. The standard InChI is InChI=1S/C17H17N3OS2/c1-12-11-20(14-4-5-15-13(10-14)6-9-22-15)17(23-12)18-16(21)19-7-2-3-8-19/h4-6,9-11H,2-3,7-8H2,1H3/b18-17-. The average Bonchev–Trinajstić information content (AvgIpc) is 3.26. The molecule has 0 N–H and O–H groups in total. The van der Waals surface area contributed by atoms with E-state index in [4.69, 9.17) is 0 Å². The summed E-state index contributed by atoms with van der Waals surface area (Å²) in [7, 11) is 0. The molecule has 0 bridgehead atoms. The van der Waals surface area contributed by atoms with E-state index in [2.05, 4.69) is 34.6 Å². The minimum Gasteiger partial charge on any atom is -0.323 e. The highest BCUT2D eigenvalue weighted by molar-refractivity contribution is 7.17. The number of nitrogens with zero attached hydrogens (tertiary/aromatic N) is 3. The summed E-state index contributed by atoms with van der Waals surface area (Å²) < 4.78 is 3.29. The summed E-state index contributed by atoms with van der Waals surface area (Å²) in [6.45, 7) is 3.70. The summed E-state index contributed by atoms with van der Waals surface area (Å²) in [6.07, 6.45) is 4.22. The molecule has 0 aliphatic carbocycles. The van der Waals surface area contributed by atoms with Gasteiger partial charge in [-0.25, -0.2) is 4.79 Å². The summed E-state index contributed by atoms with van der Waals surface area (Å²) in [4.78, 5) is 20.4. The van der Waals surface area contributed by atoms with Crippen LogP contribution >= 0.6 is 22.7 Å². The Balaban J connectivity index is 1.78. The van der Waals surface area contributed by atoms with E-state index in [0.717, 1.165) is 41.3 Å². The monoisotopic (exact) mass is 343 g/mol. The van der Waals surface area contributed by atoms with Crippen LogP contribution in [0.15, 0.2) is 40.8 Å². The van der Waals surface area contributed by atoms with Crippen molar-refractivity contribution >= 4 is 38.8 Å². The number of hydrogen-bond donors (Lipinski definition) is 0. The highest BCUT2D eigenvalue weighted by atomic mass is 32.1. The van der Waals surface area contributed by atoms with Crippen LogP contribution in [-0.2, 0) is 0 Å². The number of aromatic nitrogens is 1. The third-order valence-corrected chi connectivity index (χ3v) is 5.85. The summed E-state index contributed by atoms with van der Waals surface area (Å²) >= 11 is 3.29. The maximum atomic E-state index is 12.3. The number of benzene rings is 1. The van der Waals surface area contributed by atoms with E-state index >= 15 is 0 Å². The average molecular weight is 343 g/mol. The summed E-state index contributed by atoms with van der Waals surface area (Å²) in [6, 6.07) is 8.37. The number of rotatable bonds is 1. The number of carbonyl (C=O) groups excluding carboxylic acids is 1. The SMILES string of the molecule is Cc1cn(-c2ccc3sccc3c2)/c(=N/C(=O)N2CCCC2)s1. The minimum absolute atomic E-state index is 0.116. The molecule has 4 rings (SSSR count). The van der Waals surface area contributed by atoms with Gasteiger partial charge in [0, 0.05) is 34.6 Å². The molecule has 2 aromatic heterocycles. The van der Waals surface area contributed by atoms with Gasteiger partial charge in [0.25, 0.3) is 0 Å². The van der Waals surface area contributed by atoms with E-state index in [1.807, 2.05) is 22.6 Å². The molecule has 0 radical (unpaired) electrons. The van der Waals surface area contributed by atoms with Crippen LogP contribution in [0.2, 0.25) is 0 Å². The van der Waals surface area contributed by atoms with Crippen LogP contribution in [0.1, 0.15) is 17.7 Å². The van der Waals surface area contributed by atoms with Crippen LogP contribution in [0.3, 0.4) is 0 Å². The molecule has 118 valence electrons. The Hall–Kier alpha value is -1.92. The molecule has 1 fully saturated rings. The zero-order valence-electron chi connectivity index (χ0n) is 12.9. The first kappa shape index (κ1) is 14.7. The number of carbonyl (C=O) groups is 1. The molecular formula is C17H17N3OS2. The van der Waals surface area contributed by atoms with E-state index < -0.39 is 0 Å². The van der Waals surface area contributed by atoms with Crippen molar-refractivity contribution in [3.05, 3.63) is 45.5 Å². The first-order valence-electron chi connectivity index (χ1n) is 7.71. The number of likely N-dealkylation sites (tertiary alicyclic amines) is 1. The largest absolute Gasteiger partial charge is 0.346 e. The van der Waals surface area contributed by atoms with E-state index in [9.17, 15) is 4.79 Å². The zero-order chi connectivity index (χ0) is 15.8. The van der Waals surface area contributed by atoms with Gasteiger partial charge in [-0.15, -0.1) is 22.7 Å². The smallest absolute Gasteiger partial charge is 0.323 e. The number of aryl methyl sites for hydroxylation is 1. The van der Waals surface area contributed by atoms with Crippen molar-refractivity contribution in [1.82, 2.24) is 9.47 Å². The lowest BCUT2D eigenvalue weighted by molar-refractivity contribution is 0.218. The highest BCUT2D eigenvalue weighted by Gasteiger charge is 2.17. The van der Waals surface area contributed by atoms with Crippen LogP contribution in [0.25, 0.3) is 15.8 Å². The number of thiophene rings is 1. The van der Waals surface area contributed by atoms with Gasteiger partial charge in [-0.2, -0.15) is 4.99 Å². The van der Waals surface area contributed by atoms with Gasteiger partial charge in [0.15, 0.2) is 4.80 Å². The van der Waals surface area contributed by atoms with Crippen molar-refractivity contribution in [2.24, 2.45) is 4.99 Å². The summed E-state index contributed by atoms with van der Waals surface area (Å²) in [5, 5.41) is 3.32. The Labute approximate surface area is 142 Å². The lowest BCUT2D eigenvalue weighted by atomic mass is 10.2. The molecule has 0 unspecified atom stereocenters. The summed E-state index contributed by atoms with van der Waals surface area (Å²) in [5.74, 6) is 0. The summed E-state index contributed by atoms with van der Waals surface area (Å²) in [5.41, 5.74) is 1.05. The van der Waals surface area contributed by atoms with Crippen molar-refractivity contribution in [3.63, 3.8) is 0 Å². The fourth-order valence-corrected chi connectivity index (χ4v) is 4.48. The fourth-order valence-electron chi connectivity index (χ4n) is 2.88. The van der Waals surface area contributed by atoms with Gasteiger partial charge in [0.05, 0.1) is 0 Å². The Morgan fingerprint density at radius 2 is 2.04 bits per heavy atom. The Kier molecular flexibility index (Phi) is 3.79. The molecule has 1 saturated heterocycles. The van der Waals surface area contributed by atoms with Crippen LogP contribution < -0.4 is 4.80 Å².